The summed E-state index contributed by atoms with van der Waals surface area (Å²) < 4.78 is 0. The van der Waals surface area contributed by atoms with Gasteiger partial charge in [-0.2, -0.15) is 0 Å². The number of rotatable bonds is 8. The molecule has 0 aromatic rings. The Bertz CT molecular complexity index is 197. The average Bonchev–Trinajstić information content (AvgIpc) is 2.95. The zero-order valence-corrected chi connectivity index (χ0v) is 10.4. The second kappa shape index (κ2) is 6.26. The Morgan fingerprint density at radius 2 is 1.93 bits per heavy atom. The van der Waals surface area contributed by atoms with Gasteiger partial charge < -0.3 is 15.1 Å². The lowest BCUT2D eigenvalue weighted by Crippen LogP contribution is -2.32. The van der Waals surface area contributed by atoms with Crippen LogP contribution in [0.25, 0.3) is 0 Å². The van der Waals surface area contributed by atoms with Crippen molar-refractivity contribution in [1.29, 1.82) is 0 Å². The SMILES string of the molecule is C=C(CNC1CC1)CN(C)CCN(C)C. The molecule has 0 spiro atoms. The molecule has 15 heavy (non-hydrogen) atoms. The molecule has 0 unspecified atom stereocenters. The number of nitrogens with one attached hydrogen (secondary N) is 1. The Balaban J connectivity index is 2.01. The smallest absolute Gasteiger partial charge is 0.0200 e. The topological polar surface area (TPSA) is 18.5 Å². The summed E-state index contributed by atoms with van der Waals surface area (Å²) >= 11 is 0. The Hall–Kier alpha value is -0.380. The van der Waals surface area contributed by atoms with E-state index in [1.54, 1.807) is 0 Å². The Morgan fingerprint density at radius 1 is 1.27 bits per heavy atom. The van der Waals surface area contributed by atoms with Gasteiger partial charge in [-0.25, -0.2) is 0 Å². The highest BCUT2D eigenvalue weighted by molar-refractivity contribution is 5.01. The van der Waals surface area contributed by atoms with E-state index in [-0.39, 0.29) is 0 Å². The molecular formula is C12H25N3. The summed E-state index contributed by atoms with van der Waals surface area (Å²) in [6.45, 7) is 8.31. The van der Waals surface area contributed by atoms with Gasteiger partial charge in [-0.1, -0.05) is 6.58 Å². The molecule has 3 heteroatoms. The molecule has 1 aliphatic carbocycles. The van der Waals surface area contributed by atoms with Crippen LogP contribution in [0, 0.1) is 0 Å². The first kappa shape index (κ1) is 12.7. The van der Waals surface area contributed by atoms with Crippen molar-refractivity contribution in [2.75, 3.05) is 47.3 Å². The number of likely N-dealkylation sites (N-methyl/N-ethyl adjacent to an activating group) is 2. The van der Waals surface area contributed by atoms with Gasteiger partial charge in [-0.05, 0) is 39.6 Å². The van der Waals surface area contributed by atoms with E-state index in [0.29, 0.717) is 0 Å². The van der Waals surface area contributed by atoms with E-state index in [2.05, 4.69) is 42.8 Å². The van der Waals surface area contributed by atoms with Crippen LogP contribution >= 0.6 is 0 Å². The van der Waals surface area contributed by atoms with Crippen molar-refractivity contribution >= 4 is 0 Å². The van der Waals surface area contributed by atoms with Crippen LogP contribution in [0.4, 0.5) is 0 Å². The molecule has 88 valence electrons. The lowest BCUT2D eigenvalue weighted by molar-refractivity contribution is 0.296. The van der Waals surface area contributed by atoms with Gasteiger partial charge in [0.2, 0.25) is 0 Å². The first-order valence-electron chi connectivity index (χ1n) is 5.81. The molecule has 1 saturated carbocycles. The first-order valence-corrected chi connectivity index (χ1v) is 5.81. The van der Waals surface area contributed by atoms with Gasteiger partial charge in [0, 0.05) is 32.2 Å². The third-order valence-corrected chi connectivity index (χ3v) is 2.64. The summed E-state index contributed by atoms with van der Waals surface area (Å²) in [5.74, 6) is 0. The van der Waals surface area contributed by atoms with E-state index in [4.69, 9.17) is 0 Å². The predicted molar refractivity (Wildman–Crippen MR) is 66.2 cm³/mol. The van der Waals surface area contributed by atoms with Gasteiger partial charge >= 0.3 is 0 Å². The first-order chi connectivity index (χ1) is 7.08. The van der Waals surface area contributed by atoms with Crippen molar-refractivity contribution in [2.24, 2.45) is 0 Å². The minimum Gasteiger partial charge on any atom is -0.310 e. The van der Waals surface area contributed by atoms with E-state index in [9.17, 15) is 0 Å². The fourth-order valence-corrected chi connectivity index (χ4v) is 1.46. The van der Waals surface area contributed by atoms with Gasteiger partial charge in [0.25, 0.3) is 0 Å². The fourth-order valence-electron chi connectivity index (χ4n) is 1.46. The minimum absolute atomic E-state index is 0.786. The predicted octanol–water partition coefficient (Wildman–Crippen LogP) is 0.788. The van der Waals surface area contributed by atoms with Gasteiger partial charge in [0.1, 0.15) is 0 Å². The highest BCUT2D eigenvalue weighted by atomic mass is 15.1. The molecule has 0 saturated heterocycles. The molecule has 0 aromatic heterocycles. The summed E-state index contributed by atoms with van der Waals surface area (Å²) in [5.41, 5.74) is 1.29. The summed E-state index contributed by atoms with van der Waals surface area (Å²) in [6, 6.07) is 0.786. The molecule has 0 amide bonds. The van der Waals surface area contributed by atoms with Crippen LogP contribution in [0.1, 0.15) is 12.8 Å². The van der Waals surface area contributed by atoms with E-state index in [1.807, 2.05) is 0 Å². The maximum Gasteiger partial charge on any atom is 0.0200 e. The molecule has 0 bridgehead atoms. The van der Waals surface area contributed by atoms with Gasteiger partial charge in [0.15, 0.2) is 0 Å². The van der Waals surface area contributed by atoms with Crippen molar-refractivity contribution in [1.82, 2.24) is 15.1 Å². The summed E-state index contributed by atoms with van der Waals surface area (Å²) in [6.07, 6.45) is 2.70. The second-order valence-electron chi connectivity index (χ2n) is 4.95. The van der Waals surface area contributed by atoms with Crippen molar-refractivity contribution in [2.45, 2.75) is 18.9 Å². The molecule has 1 N–H and O–H groups in total. The second-order valence-corrected chi connectivity index (χ2v) is 4.95. The van der Waals surface area contributed by atoms with Crippen molar-refractivity contribution in [3.05, 3.63) is 12.2 Å². The highest BCUT2D eigenvalue weighted by Crippen LogP contribution is 2.18. The molecular weight excluding hydrogens is 186 g/mol. The molecule has 1 fully saturated rings. The molecule has 1 aliphatic rings. The Kier molecular flexibility index (Phi) is 5.29. The number of hydrogen-bond acceptors (Lipinski definition) is 3. The highest BCUT2D eigenvalue weighted by Gasteiger charge is 2.20. The minimum atomic E-state index is 0.786. The lowest BCUT2D eigenvalue weighted by Gasteiger charge is -2.20. The van der Waals surface area contributed by atoms with Crippen molar-refractivity contribution in [3.63, 3.8) is 0 Å². The van der Waals surface area contributed by atoms with Crippen LogP contribution in [-0.2, 0) is 0 Å². The van der Waals surface area contributed by atoms with Crippen LogP contribution < -0.4 is 5.32 Å². The summed E-state index contributed by atoms with van der Waals surface area (Å²) in [5, 5.41) is 3.49. The summed E-state index contributed by atoms with van der Waals surface area (Å²) in [4.78, 5) is 4.54. The lowest BCUT2D eigenvalue weighted by atomic mass is 10.3. The molecule has 0 heterocycles. The molecule has 0 aromatic carbocycles. The Labute approximate surface area is 94.1 Å². The van der Waals surface area contributed by atoms with E-state index in [0.717, 1.165) is 32.2 Å². The standard InChI is InChI=1S/C12H25N3/c1-11(9-13-12-5-6-12)10-15(4)8-7-14(2)3/h12-13H,1,5-10H2,2-4H3. The zero-order valence-electron chi connectivity index (χ0n) is 10.4. The van der Waals surface area contributed by atoms with Crippen LogP contribution in [-0.4, -0.2) is 63.2 Å². The van der Waals surface area contributed by atoms with Crippen molar-refractivity contribution in [3.8, 4) is 0 Å². The van der Waals surface area contributed by atoms with Crippen LogP contribution in [0.5, 0.6) is 0 Å². The molecule has 0 atom stereocenters. The maximum absolute atomic E-state index is 4.10. The van der Waals surface area contributed by atoms with Gasteiger partial charge in [0.05, 0.1) is 0 Å². The van der Waals surface area contributed by atoms with Crippen LogP contribution in [0.15, 0.2) is 12.2 Å². The Morgan fingerprint density at radius 3 is 2.47 bits per heavy atom. The van der Waals surface area contributed by atoms with Crippen LogP contribution in [0.3, 0.4) is 0 Å². The number of hydrogen-bond donors (Lipinski definition) is 1. The van der Waals surface area contributed by atoms with Crippen molar-refractivity contribution < 1.29 is 0 Å². The molecule has 0 aliphatic heterocycles. The average molecular weight is 211 g/mol. The summed E-state index contributed by atoms with van der Waals surface area (Å²) in [7, 11) is 6.38. The monoisotopic (exact) mass is 211 g/mol. The molecule has 1 rings (SSSR count). The van der Waals surface area contributed by atoms with E-state index >= 15 is 0 Å². The largest absolute Gasteiger partial charge is 0.310 e. The zero-order chi connectivity index (χ0) is 11.3. The molecule has 3 nitrogen and oxygen atoms in total. The third-order valence-electron chi connectivity index (χ3n) is 2.64. The fraction of sp³-hybridized carbons (Fsp3) is 0.833. The normalized spacial score (nSPS) is 16.3. The maximum atomic E-state index is 4.10. The third kappa shape index (κ3) is 6.66. The van der Waals surface area contributed by atoms with Gasteiger partial charge in [-0.15, -0.1) is 0 Å². The number of nitrogens with zero attached hydrogens (tertiary/aromatic N) is 2. The van der Waals surface area contributed by atoms with Crippen LogP contribution in [0.2, 0.25) is 0 Å². The quantitative estimate of drug-likeness (QED) is 0.599. The van der Waals surface area contributed by atoms with E-state index in [1.165, 1.54) is 18.4 Å². The molecule has 0 radical (unpaired) electrons. The van der Waals surface area contributed by atoms with E-state index < -0.39 is 0 Å². The van der Waals surface area contributed by atoms with Gasteiger partial charge in [-0.3, -0.25) is 0 Å².